The maximum absolute atomic E-state index is 11.9. The highest BCUT2D eigenvalue weighted by Gasteiger charge is 2.19. The molecule has 0 aliphatic carbocycles. The van der Waals surface area contributed by atoms with Crippen LogP contribution in [0.15, 0.2) is 6.07 Å². The predicted octanol–water partition coefficient (Wildman–Crippen LogP) is 0.0843. The summed E-state index contributed by atoms with van der Waals surface area (Å²) in [5.41, 5.74) is 0.918. The highest BCUT2D eigenvalue weighted by Crippen LogP contribution is 2.02. The van der Waals surface area contributed by atoms with Crippen LogP contribution in [0.3, 0.4) is 0 Å². The van der Waals surface area contributed by atoms with Gasteiger partial charge in [-0.2, -0.15) is 5.10 Å². The molecule has 1 aromatic heterocycles. The summed E-state index contributed by atoms with van der Waals surface area (Å²) in [6.07, 6.45) is -4.72. The third-order valence-electron chi connectivity index (χ3n) is 2.00. The van der Waals surface area contributed by atoms with Crippen LogP contribution in [-0.2, 0) is 7.05 Å². The second-order valence-electron chi connectivity index (χ2n) is 3.41. The van der Waals surface area contributed by atoms with Gasteiger partial charge in [-0.1, -0.05) is 0 Å². The number of alkyl halides is 2. The van der Waals surface area contributed by atoms with Crippen LogP contribution in [0.1, 0.15) is 16.2 Å². The Morgan fingerprint density at radius 2 is 2.31 bits per heavy atom. The maximum atomic E-state index is 11.9. The number of hydrogen-bond acceptors (Lipinski definition) is 3. The van der Waals surface area contributed by atoms with Crippen LogP contribution >= 0.6 is 0 Å². The van der Waals surface area contributed by atoms with E-state index in [2.05, 4.69) is 10.4 Å². The second kappa shape index (κ2) is 5.02. The SMILES string of the molecule is Cc1cc(C(=O)NCC(O)C(F)F)n(C)n1. The third-order valence-corrected chi connectivity index (χ3v) is 2.00. The molecule has 1 amide bonds. The molecule has 1 atom stereocenters. The molecular formula is C9H13F2N3O2. The smallest absolute Gasteiger partial charge is 0.269 e. The second-order valence-corrected chi connectivity index (χ2v) is 3.41. The fraction of sp³-hybridized carbons (Fsp3) is 0.556. The van der Waals surface area contributed by atoms with Crippen LogP contribution in [0.2, 0.25) is 0 Å². The molecule has 16 heavy (non-hydrogen) atoms. The highest BCUT2D eigenvalue weighted by molar-refractivity contribution is 5.92. The van der Waals surface area contributed by atoms with Gasteiger partial charge in [-0.3, -0.25) is 9.48 Å². The van der Waals surface area contributed by atoms with Crippen molar-refractivity contribution >= 4 is 5.91 Å². The zero-order valence-corrected chi connectivity index (χ0v) is 8.94. The maximum Gasteiger partial charge on any atom is 0.269 e. The van der Waals surface area contributed by atoms with Crippen LogP contribution in [0.4, 0.5) is 8.78 Å². The van der Waals surface area contributed by atoms with Crippen molar-refractivity contribution in [3.05, 3.63) is 17.5 Å². The number of rotatable bonds is 4. The molecule has 0 saturated carbocycles. The molecule has 1 unspecified atom stereocenters. The number of carbonyl (C=O) groups excluding carboxylic acids is 1. The van der Waals surface area contributed by atoms with Gasteiger partial charge in [-0.05, 0) is 13.0 Å². The Balaban J connectivity index is 2.56. The fourth-order valence-corrected chi connectivity index (χ4v) is 1.20. The Morgan fingerprint density at radius 3 is 2.75 bits per heavy atom. The number of aromatic nitrogens is 2. The van der Waals surface area contributed by atoms with E-state index in [-0.39, 0.29) is 5.69 Å². The molecule has 0 aromatic carbocycles. The first-order valence-corrected chi connectivity index (χ1v) is 4.67. The molecule has 0 spiro atoms. The van der Waals surface area contributed by atoms with Gasteiger partial charge in [-0.25, -0.2) is 8.78 Å². The minimum Gasteiger partial charge on any atom is -0.385 e. The van der Waals surface area contributed by atoms with Crippen LogP contribution in [0.5, 0.6) is 0 Å². The van der Waals surface area contributed by atoms with E-state index in [0.29, 0.717) is 5.69 Å². The number of aliphatic hydroxyl groups excluding tert-OH is 1. The van der Waals surface area contributed by atoms with Crippen molar-refractivity contribution in [1.82, 2.24) is 15.1 Å². The van der Waals surface area contributed by atoms with Gasteiger partial charge in [0, 0.05) is 13.6 Å². The first kappa shape index (κ1) is 12.6. The summed E-state index contributed by atoms with van der Waals surface area (Å²) in [7, 11) is 1.57. The fourth-order valence-electron chi connectivity index (χ4n) is 1.20. The molecule has 90 valence electrons. The Labute approximate surface area is 91.1 Å². The largest absolute Gasteiger partial charge is 0.385 e. The standard InChI is InChI=1S/C9H13F2N3O2/c1-5-3-6(14(2)13-5)9(16)12-4-7(15)8(10)11/h3,7-8,15H,4H2,1-2H3,(H,12,16). The molecule has 2 N–H and O–H groups in total. The molecule has 1 rings (SSSR count). The zero-order valence-electron chi connectivity index (χ0n) is 8.94. The quantitative estimate of drug-likeness (QED) is 0.774. The molecule has 0 saturated heterocycles. The predicted molar refractivity (Wildman–Crippen MR) is 52.3 cm³/mol. The summed E-state index contributed by atoms with van der Waals surface area (Å²) < 4.78 is 25.2. The molecule has 1 heterocycles. The number of aryl methyl sites for hydroxylation is 2. The van der Waals surface area contributed by atoms with Gasteiger partial charge in [0.15, 0.2) is 0 Å². The van der Waals surface area contributed by atoms with E-state index in [1.165, 1.54) is 10.7 Å². The number of aliphatic hydroxyl groups is 1. The van der Waals surface area contributed by atoms with Crippen molar-refractivity contribution in [1.29, 1.82) is 0 Å². The number of amides is 1. The lowest BCUT2D eigenvalue weighted by atomic mass is 10.3. The topological polar surface area (TPSA) is 67.2 Å². The van der Waals surface area contributed by atoms with Gasteiger partial charge in [0.25, 0.3) is 12.3 Å². The van der Waals surface area contributed by atoms with Gasteiger partial charge in [0.1, 0.15) is 11.8 Å². The van der Waals surface area contributed by atoms with E-state index in [0.717, 1.165) is 0 Å². The number of halogens is 2. The van der Waals surface area contributed by atoms with Crippen LogP contribution in [-0.4, -0.2) is 39.9 Å². The van der Waals surface area contributed by atoms with Gasteiger partial charge < -0.3 is 10.4 Å². The minimum atomic E-state index is -2.87. The van der Waals surface area contributed by atoms with E-state index >= 15 is 0 Å². The van der Waals surface area contributed by atoms with Crippen LogP contribution in [0.25, 0.3) is 0 Å². The van der Waals surface area contributed by atoms with Crippen molar-refractivity contribution in [2.24, 2.45) is 7.05 Å². The molecule has 5 nitrogen and oxygen atoms in total. The van der Waals surface area contributed by atoms with E-state index in [4.69, 9.17) is 5.11 Å². The Morgan fingerprint density at radius 1 is 1.69 bits per heavy atom. The summed E-state index contributed by atoms with van der Waals surface area (Å²) in [4.78, 5) is 11.5. The molecule has 0 fully saturated rings. The monoisotopic (exact) mass is 233 g/mol. The molecule has 7 heteroatoms. The average molecular weight is 233 g/mol. The van der Waals surface area contributed by atoms with Gasteiger partial charge >= 0.3 is 0 Å². The summed E-state index contributed by atoms with van der Waals surface area (Å²) in [6.45, 7) is 1.23. The molecule has 0 radical (unpaired) electrons. The van der Waals surface area contributed by atoms with Gasteiger partial charge in [-0.15, -0.1) is 0 Å². The van der Waals surface area contributed by atoms with Crippen molar-refractivity contribution in [3.8, 4) is 0 Å². The summed E-state index contributed by atoms with van der Waals surface area (Å²) >= 11 is 0. The molecule has 1 aromatic rings. The summed E-state index contributed by atoms with van der Waals surface area (Å²) in [5.74, 6) is -0.539. The lowest BCUT2D eigenvalue weighted by molar-refractivity contribution is -0.00274. The van der Waals surface area contributed by atoms with E-state index in [1.807, 2.05) is 0 Å². The lowest BCUT2D eigenvalue weighted by Crippen LogP contribution is -2.36. The number of nitrogens with one attached hydrogen (secondary N) is 1. The molecule has 0 bridgehead atoms. The normalized spacial score (nSPS) is 12.9. The molecule has 0 aliphatic rings. The Bertz CT molecular complexity index is 379. The van der Waals surface area contributed by atoms with Gasteiger partial charge in [0.05, 0.1) is 5.69 Å². The van der Waals surface area contributed by atoms with Crippen molar-refractivity contribution < 1.29 is 18.7 Å². The average Bonchev–Trinajstić information content (AvgIpc) is 2.53. The Kier molecular flexibility index (Phi) is 3.94. The lowest BCUT2D eigenvalue weighted by Gasteiger charge is -2.10. The summed E-state index contributed by atoms with van der Waals surface area (Å²) in [5, 5.41) is 15.0. The number of hydrogen-bond donors (Lipinski definition) is 2. The van der Waals surface area contributed by atoms with Crippen LogP contribution in [0, 0.1) is 6.92 Å². The van der Waals surface area contributed by atoms with Crippen molar-refractivity contribution in [2.75, 3.05) is 6.54 Å². The van der Waals surface area contributed by atoms with E-state index in [1.54, 1.807) is 14.0 Å². The Hall–Kier alpha value is -1.50. The number of nitrogens with zero attached hydrogens (tertiary/aromatic N) is 2. The van der Waals surface area contributed by atoms with Crippen molar-refractivity contribution in [3.63, 3.8) is 0 Å². The molecule has 0 aliphatic heterocycles. The molecular weight excluding hydrogens is 220 g/mol. The third kappa shape index (κ3) is 2.99. The van der Waals surface area contributed by atoms with Gasteiger partial charge in [0.2, 0.25) is 0 Å². The first-order valence-electron chi connectivity index (χ1n) is 4.67. The minimum absolute atomic E-state index is 0.263. The van der Waals surface area contributed by atoms with E-state index in [9.17, 15) is 13.6 Å². The van der Waals surface area contributed by atoms with E-state index < -0.39 is 25.0 Å². The van der Waals surface area contributed by atoms with Crippen molar-refractivity contribution in [2.45, 2.75) is 19.5 Å². The van der Waals surface area contributed by atoms with Crippen LogP contribution < -0.4 is 5.32 Å². The number of carbonyl (C=O) groups is 1. The zero-order chi connectivity index (χ0) is 12.3. The highest BCUT2D eigenvalue weighted by atomic mass is 19.3. The summed E-state index contributed by atoms with van der Waals surface area (Å²) in [6, 6.07) is 1.53. The first-order chi connectivity index (χ1) is 7.41.